The fourth-order valence-corrected chi connectivity index (χ4v) is 11.0. The molecule has 0 spiro atoms. The first kappa shape index (κ1) is 60.5. The number of nitrogens with two attached hydrogens (primary N) is 1. The van der Waals surface area contributed by atoms with Crippen molar-refractivity contribution in [3.05, 3.63) is 0 Å². The molecule has 9 atom stereocenters. The summed E-state index contributed by atoms with van der Waals surface area (Å²) in [6, 6.07) is -7.63. The number of aliphatic carboxylic acids is 1. The lowest BCUT2D eigenvalue weighted by atomic mass is 9.97. The minimum atomic E-state index is -1.11. The highest BCUT2D eigenvalue weighted by atomic mass is 16.4. The summed E-state index contributed by atoms with van der Waals surface area (Å²) in [5.74, 6) is -7.49. The van der Waals surface area contributed by atoms with Crippen LogP contribution in [0.15, 0.2) is 0 Å². The number of carbonyl (C=O) groups excluding carboxylic acids is 11. The molecule has 0 aromatic rings. The van der Waals surface area contributed by atoms with E-state index in [0.29, 0.717) is 77.2 Å². The summed E-state index contributed by atoms with van der Waals surface area (Å²) < 4.78 is 0. The molecule has 9 N–H and O–H groups in total. The maximum Gasteiger partial charge on any atom is 0.326 e. The summed E-state index contributed by atoms with van der Waals surface area (Å²) in [4.78, 5) is 167. The fraction of sp³-hybridized carbons (Fsp3) is 0.765. The third-order valence-corrected chi connectivity index (χ3v) is 15.2. The van der Waals surface area contributed by atoms with Gasteiger partial charge in [0.15, 0.2) is 0 Å². The molecule has 0 aliphatic carbocycles. The monoisotopic (exact) mass is 1070 g/mol. The van der Waals surface area contributed by atoms with E-state index in [4.69, 9.17) is 5.73 Å². The van der Waals surface area contributed by atoms with Gasteiger partial charge >= 0.3 is 5.97 Å². The van der Waals surface area contributed by atoms with E-state index in [9.17, 15) is 62.6 Å². The van der Waals surface area contributed by atoms with Crippen LogP contribution in [0, 0.1) is 17.8 Å². The number of nitrogens with one attached hydrogen (secondary N) is 6. The summed E-state index contributed by atoms with van der Waals surface area (Å²) in [5.41, 5.74) is 5.54. The van der Waals surface area contributed by atoms with Crippen molar-refractivity contribution in [2.75, 3.05) is 58.9 Å². The van der Waals surface area contributed by atoms with Gasteiger partial charge in [-0.1, -0.05) is 48.0 Å². The third kappa shape index (κ3) is 15.6. The second-order valence-corrected chi connectivity index (χ2v) is 21.6. The minimum Gasteiger partial charge on any atom is -0.480 e. The van der Waals surface area contributed by atoms with Crippen molar-refractivity contribution in [1.82, 2.24) is 56.4 Å². The second kappa shape index (κ2) is 28.1. The van der Waals surface area contributed by atoms with Gasteiger partial charge in [0.1, 0.15) is 48.3 Å². The van der Waals surface area contributed by atoms with Crippen LogP contribution in [0.25, 0.3) is 0 Å². The molecule has 5 heterocycles. The molecule has 0 unspecified atom stereocenters. The normalized spacial score (nSPS) is 23.0. The van der Waals surface area contributed by atoms with E-state index in [1.807, 2.05) is 34.6 Å². The maximum atomic E-state index is 14.1. The molecular formula is C51H82N12O13. The number of nitrogens with zero attached hydrogens (tertiary/aromatic N) is 5. The zero-order valence-corrected chi connectivity index (χ0v) is 45.1. The third-order valence-electron chi connectivity index (χ3n) is 15.2. The highest BCUT2D eigenvalue weighted by Crippen LogP contribution is 2.26. The van der Waals surface area contributed by atoms with Gasteiger partial charge in [0, 0.05) is 32.7 Å². The van der Waals surface area contributed by atoms with Gasteiger partial charge in [0.25, 0.3) is 0 Å². The quantitative estimate of drug-likeness (QED) is 0.0515. The van der Waals surface area contributed by atoms with Gasteiger partial charge < -0.3 is 67.2 Å². The lowest BCUT2D eigenvalue weighted by Crippen LogP contribution is -2.58. The van der Waals surface area contributed by atoms with Crippen LogP contribution in [0.5, 0.6) is 0 Å². The van der Waals surface area contributed by atoms with E-state index < -0.39 is 139 Å². The Morgan fingerprint density at radius 1 is 0.500 bits per heavy atom. The molecule has 0 aromatic carbocycles. The Hall–Kier alpha value is -6.40. The first-order chi connectivity index (χ1) is 36.1. The van der Waals surface area contributed by atoms with Crippen molar-refractivity contribution in [1.29, 1.82) is 0 Å². The molecule has 424 valence electrons. The molecule has 5 aliphatic rings. The van der Waals surface area contributed by atoms with Crippen LogP contribution >= 0.6 is 0 Å². The predicted molar refractivity (Wildman–Crippen MR) is 274 cm³/mol. The van der Waals surface area contributed by atoms with Crippen LogP contribution in [0.3, 0.4) is 0 Å². The summed E-state index contributed by atoms with van der Waals surface area (Å²) in [6.07, 6.45) is 5.24. The van der Waals surface area contributed by atoms with Crippen molar-refractivity contribution in [3.8, 4) is 0 Å². The molecule has 11 amide bonds. The lowest BCUT2D eigenvalue weighted by molar-refractivity contribution is -0.149. The first-order valence-corrected chi connectivity index (χ1v) is 27.2. The van der Waals surface area contributed by atoms with Gasteiger partial charge in [-0.3, -0.25) is 52.7 Å². The summed E-state index contributed by atoms with van der Waals surface area (Å²) in [7, 11) is 0. The molecule has 5 fully saturated rings. The number of carboxylic acids is 1. The predicted octanol–water partition coefficient (Wildman–Crippen LogP) is -2.07. The molecule has 0 radical (unpaired) electrons. The highest BCUT2D eigenvalue weighted by Gasteiger charge is 2.44. The summed E-state index contributed by atoms with van der Waals surface area (Å²) in [6.45, 7) is 10.7. The Morgan fingerprint density at radius 2 is 0.947 bits per heavy atom. The second-order valence-electron chi connectivity index (χ2n) is 21.6. The molecule has 5 saturated heterocycles. The molecule has 0 aromatic heterocycles. The van der Waals surface area contributed by atoms with Gasteiger partial charge in [-0.25, -0.2) is 4.79 Å². The Kier molecular flexibility index (Phi) is 22.4. The van der Waals surface area contributed by atoms with Gasteiger partial charge in [-0.05, 0) is 94.8 Å². The zero-order chi connectivity index (χ0) is 56.0. The Bertz CT molecular complexity index is 2180. The topological polar surface area (TPSA) is 339 Å². The number of likely N-dealkylation sites (tertiary alicyclic amines) is 5. The van der Waals surface area contributed by atoms with Gasteiger partial charge in [-0.2, -0.15) is 0 Å². The van der Waals surface area contributed by atoms with Gasteiger partial charge in [0.05, 0.1) is 26.2 Å². The Morgan fingerprint density at radius 3 is 1.47 bits per heavy atom. The van der Waals surface area contributed by atoms with E-state index in [1.54, 1.807) is 6.92 Å². The molecule has 25 heteroatoms. The van der Waals surface area contributed by atoms with Crippen molar-refractivity contribution in [2.45, 2.75) is 173 Å². The van der Waals surface area contributed by atoms with Crippen molar-refractivity contribution < 1.29 is 62.6 Å². The van der Waals surface area contributed by atoms with Crippen LogP contribution < -0.4 is 37.6 Å². The lowest BCUT2D eigenvalue weighted by Gasteiger charge is -2.31. The van der Waals surface area contributed by atoms with Crippen LogP contribution in [-0.2, 0) is 57.5 Å². The number of carboxylic acid groups (broad SMARTS) is 1. The first-order valence-electron chi connectivity index (χ1n) is 27.2. The van der Waals surface area contributed by atoms with Crippen molar-refractivity contribution in [3.63, 3.8) is 0 Å². The standard InChI is InChI=1S/C51H82N12O13/c1-7-31(6)43(58-47(71)36-15-9-19-60(36)41(66)27-54-44(68)32(23-29(2)3)57-46(70)35-14-8-18-59(35)40(65)25-52)48(72)55-28-42(67)61-20-11-16-37(61)50(74)62-21-10-13-34(62)45(69)53-26-39(64)56-33(24-30(4)5)49(73)63-22-12-17-38(63)51(75)76/h29-38,43H,7-28,52H2,1-6H3,(H,53,69)(H,54,68)(H,55,72)(H,56,64)(H,57,70)(H,58,71)(H,75,76)/t31-,32-,33-,34-,35-,36-,37-,38-,43-/m0/s1. The molecule has 5 aliphatic heterocycles. The smallest absolute Gasteiger partial charge is 0.326 e. The Balaban J connectivity index is 1.12. The van der Waals surface area contributed by atoms with Crippen LogP contribution in [0.1, 0.15) is 125 Å². The number of hydrogen-bond acceptors (Lipinski definition) is 13. The number of carbonyl (C=O) groups is 12. The van der Waals surface area contributed by atoms with E-state index in [-0.39, 0.29) is 63.3 Å². The number of amides is 11. The zero-order valence-electron chi connectivity index (χ0n) is 45.1. The highest BCUT2D eigenvalue weighted by molar-refractivity contribution is 5.98. The van der Waals surface area contributed by atoms with E-state index in [1.165, 1.54) is 24.5 Å². The average molecular weight is 1070 g/mol. The molecule has 5 rings (SSSR count). The minimum absolute atomic E-state index is 0.0136. The summed E-state index contributed by atoms with van der Waals surface area (Å²) >= 11 is 0. The molecular weight excluding hydrogens is 989 g/mol. The Labute approximate surface area is 444 Å². The largest absolute Gasteiger partial charge is 0.480 e. The number of hydrogen-bond donors (Lipinski definition) is 8. The van der Waals surface area contributed by atoms with E-state index in [2.05, 4.69) is 31.9 Å². The number of rotatable bonds is 24. The molecule has 25 nitrogen and oxygen atoms in total. The molecule has 0 saturated carbocycles. The van der Waals surface area contributed by atoms with Crippen LogP contribution in [0.4, 0.5) is 0 Å². The maximum absolute atomic E-state index is 14.1. The van der Waals surface area contributed by atoms with Crippen LogP contribution in [0.2, 0.25) is 0 Å². The average Bonchev–Trinajstić information content (AvgIpc) is 4.26. The van der Waals surface area contributed by atoms with Crippen molar-refractivity contribution in [2.24, 2.45) is 23.5 Å². The van der Waals surface area contributed by atoms with E-state index in [0.717, 1.165) is 0 Å². The van der Waals surface area contributed by atoms with Gasteiger partial charge in [-0.15, -0.1) is 0 Å². The SMILES string of the molecule is CC[C@H](C)[C@H](NC(=O)[C@@H]1CCCN1C(=O)CNC(=O)[C@H](CC(C)C)NC(=O)[C@@H]1CCCN1C(=O)CN)C(=O)NCC(=O)N1CCC[C@H]1C(=O)N1CCC[C@H]1C(=O)NCC(=O)N[C@@H](CC(C)C)C(=O)N1CCC[C@H]1C(=O)O. The van der Waals surface area contributed by atoms with Crippen LogP contribution in [-0.4, -0.2) is 208 Å². The fourth-order valence-electron chi connectivity index (χ4n) is 11.0. The van der Waals surface area contributed by atoms with E-state index >= 15 is 0 Å². The summed E-state index contributed by atoms with van der Waals surface area (Å²) in [5, 5.41) is 25.6. The molecule has 76 heavy (non-hydrogen) atoms. The molecule has 0 bridgehead atoms. The van der Waals surface area contributed by atoms with Crippen molar-refractivity contribution >= 4 is 70.9 Å². The van der Waals surface area contributed by atoms with Gasteiger partial charge in [0.2, 0.25) is 65.0 Å².